The molecule has 3 aromatic carbocycles. The van der Waals surface area contributed by atoms with E-state index in [-0.39, 0.29) is 22.6 Å². The number of ether oxygens (including phenoxy) is 2. The number of rotatable bonds is 3. The zero-order valence-corrected chi connectivity index (χ0v) is 19.0. The highest BCUT2D eigenvalue weighted by atomic mass is 16.5. The second kappa shape index (κ2) is 7.79. The minimum atomic E-state index is -2.12. The van der Waals surface area contributed by atoms with Crippen molar-refractivity contribution in [3.05, 3.63) is 95.6 Å². The molecule has 2 aliphatic heterocycles. The summed E-state index contributed by atoms with van der Waals surface area (Å²) in [7, 11) is 0. The average Bonchev–Trinajstić information content (AvgIpc) is 3.45. The van der Waals surface area contributed by atoms with Crippen molar-refractivity contribution >= 4 is 35.0 Å². The molecule has 6 rings (SSSR count). The van der Waals surface area contributed by atoms with Crippen LogP contribution in [-0.4, -0.2) is 35.0 Å². The summed E-state index contributed by atoms with van der Waals surface area (Å²) >= 11 is 0. The van der Waals surface area contributed by atoms with Crippen LogP contribution in [0, 0.1) is 11.8 Å². The van der Waals surface area contributed by atoms with Crippen molar-refractivity contribution in [1.82, 2.24) is 0 Å². The molecule has 0 radical (unpaired) electrons. The Morgan fingerprint density at radius 2 is 1.39 bits per heavy atom. The molecule has 3 aliphatic rings. The second-order valence-corrected chi connectivity index (χ2v) is 8.99. The number of esters is 1. The highest BCUT2D eigenvalue weighted by Gasteiger charge is 2.74. The van der Waals surface area contributed by atoms with E-state index in [4.69, 9.17) is 9.47 Å². The fourth-order valence-electron chi connectivity index (χ4n) is 5.54. The Bertz CT molecular complexity index is 1430. The molecule has 2 fully saturated rings. The van der Waals surface area contributed by atoms with Crippen molar-refractivity contribution in [3.8, 4) is 5.75 Å². The molecule has 178 valence electrons. The Balaban J connectivity index is 1.48. The molecule has 2 heterocycles. The van der Waals surface area contributed by atoms with E-state index < -0.39 is 52.9 Å². The lowest BCUT2D eigenvalue weighted by atomic mass is 9.77. The molecule has 0 unspecified atom stereocenters. The number of carbonyl (C=O) groups is 5. The van der Waals surface area contributed by atoms with Gasteiger partial charge in [0.05, 0.1) is 23.6 Å². The van der Waals surface area contributed by atoms with E-state index in [2.05, 4.69) is 0 Å². The second-order valence-electron chi connectivity index (χ2n) is 8.99. The summed E-state index contributed by atoms with van der Waals surface area (Å²) in [5, 5.41) is 0. The summed E-state index contributed by atoms with van der Waals surface area (Å²) in [4.78, 5) is 67.3. The minimum absolute atomic E-state index is 0.180. The Kier molecular flexibility index (Phi) is 4.77. The summed E-state index contributed by atoms with van der Waals surface area (Å²) in [6, 6.07) is 21.0. The first kappa shape index (κ1) is 22.1. The third-order valence-corrected chi connectivity index (χ3v) is 7.00. The summed E-state index contributed by atoms with van der Waals surface area (Å²) < 4.78 is 11.3. The molecule has 36 heavy (non-hydrogen) atoms. The van der Waals surface area contributed by atoms with E-state index in [9.17, 15) is 24.0 Å². The van der Waals surface area contributed by atoms with Crippen LogP contribution in [0.2, 0.25) is 0 Å². The first-order chi connectivity index (χ1) is 17.3. The number of benzene rings is 3. The number of ketones is 2. The van der Waals surface area contributed by atoms with Crippen LogP contribution >= 0.6 is 0 Å². The van der Waals surface area contributed by atoms with Gasteiger partial charge in [0, 0.05) is 18.1 Å². The zero-order valence-electron chi connectivity index (χ0n) is 19.0. The lowest BCUT2D eigenvalue weighted by Crippen LogP contribution is -2.51. The van der Waals surface area contributed by atoms with Gasteiger partial charge in [-0.25, -0.2) is 4.90 Å². The van der Waals surface area contributed by atoms with Crippen LogP contribution in [0.4, 0.5) is 5.69 Å². The Hall–Kier alpha value is -4.43. The summed E-state index contributed by atoms with van der Waals surface area (Å²) in [5.41, 5.74) is -0.922. The molecular weight excluding hydrogens is 462 g/mol. The number of Topliss-reactive ketones (excluding diaryl/α,β-unsaturated/α-hetero) is 2. The molecule has 2 amide bonds. The van der Waals surface area contributed by atoms with Crippen molar-refractivity contribution in [2.45, 2.75) is 18.6 Å². The van der Waals surface area contributed by atoms with Gasteiger partial charge < -0.3 is 9.47 Å². The van der Waals surface area contributed by atoms with Crippen molar-refractivity contribution in [1.29, 1.82) is 0 Å². The van der Waals surface area contributed by atoms with E-state index in [0.717, 1.165) is 4.90 Å². The van der Waals surface area contributed by atoms with Crippen molar-refractivity contribution < 1.29 is 33.4 Å². The zero-order chi connectivity index (χ0) is 25.2. The van der Waals surface area contributed by atoms with Crippen LogP contribution in [0.25, 0.3) is 0 Å². The van der Waals surface area contributed by atoms with Crippen LogP contribution in [0.5, 0.6) is 5.75 Å². The molecule has 0 bridgehead atoms. The van der Waals surface area contributed by atoms with Crippen LogP contribution in [0.15, 0.2) is 78.9 Å². The maximum absolute atomic E-state index is 13.9. The van der Waals surface area contributed by atoms with E-state index >= 15 is 0 Å². The van der Waals surface area contributed by atoms with E-state index in [0.29, 0.717) is 5.56 Å². The fourth-order valence-corrected chi connectivity index (χ4v) is 5.54. The van der Waals surface area contributed by atoms with Gasteiger partial charge in [-0.05, 0) is 29.8 Å². The van der Waals surface area contributed by atoms with Gasteiger partial charge in [0.15, 0.2) is 0 Å². The lowest BCUT2D eigenvalue weighted by molar-refractivity contribution is -0.132. The van der Waals surface area contributed by atoms with Gasteiger partial charge in [0.2, 0.25) is 29.0 Å². The number of carbonyl (C=O) groups excluding carboxylic acids is 5. The van der Waals surface area contributed by atoms with Crippen molar-refractivity contribution in [2.75, 3.05) is 4.90 Å². The molecule has 0 aromatic heterocycles. The Morgan fingerprint density at radius 3 is 1.97 bits per heavy atom. The van der Waals surface area contributed by atoms with Crippen LogP contribution in [-0.2, 0) is 19.1 Å². The van der Waals surface area contributed by atoms with Crippen molar-refractivity contribution in [3.63, 3.8) is 0 Å². The number of hydrogen-bond acceptors (Lipinski definition) is 7. The predicted octanol–water partition coefficient (Wildman–Crippen LogP) is 3.31. The highest BCUT2D eigenvalue weighted by molar-refractivity contribution is 6.37. The largest absolute Gasteiger partial charge is 0.427 e. The quantitative estimate of drug-likeness (QED) is 0.245. The number of hydrogen-bond donors (Lipinski definition) is 0. The number of anilines is 1. The molecule has 8 heteroatoms. The number of amides is 2. The maximum Gasteiger partial charge on any atom is 0.308 e. The molecule has 0 N–H and O–H groups in total. The molecule has 0 saturated carbocycles. The standard InChI is InChI=1S/C28H19NO7/c1-15(30)35-18-13-11-17(12-14-18)29-26(33)21-22(27(29)34)28(36-23(21)16-7-3-2-4-8-16)24(31)19-9-5-6-10-20(19)25(28)32/h2-14,21-23H,1H3/t21-,22-,23+/m0/s1. The monoisotopic (exact) mass is 481 g/mol. The third-order valence-electron chi connectivity index (χ3n) is 7.00. The molecule has 1 spiro atoms. The first-order valence-corrected chi connectivity index (χ1v) is 11.4. The summed E-state index contributed by atoms with van der Waals surface area (Å²) in [6.07, 6.45) is -0.972. The minimum Gasteiger partial charge on any atom is -0.427 e. The molecule has 3 atom stereocenters. The van der Waals surface area contributed by atoms with Crippen LogP contribution < -0.4 is 9.64 Å². The van der Waals surface area contributed by atoms with E-state index in [1.54, 1.807) is 42.5 Å². The lowest BCUT2D eigenvalue weighted by Gasteiger charge is -2.27. The number of imide groups is 1. The van der Waals surface area contributed by atoms with Gasteiger partial charge in [-0.15, -0.1) is 0 Å². The van der Waals surface area contributed by atoms with Gasteiger partial charge >= 0.3 is 5.97 Å². The van der Waals surface area contributed by atoms with Crippen LogP contribution in [0.3, 0.4) is 0 Å². The first-order valence-electron chi connectivity index (χ1n) is 11.4. The Labute approximate surface area is 205 Å². The smallest absolute Gasteiger partial charge is 0.308 e. The van der Waals surface area contributed by atoms with Crippen molar-refractivity contribution in [2.24, 2.45) is 11.8 Å². The molecular formula is C28H19NO7. The van der Waals surface area contributed by atoms with Gasteiger partial charge in [0.1, 0.15) is 5.75 Å². The molecule has 3 aromatic rings. The van der Waals surface area contributed by atoms with Gasteiger partial charge in [-0.3, -0.25) is 24.0 Å². The molecule has 8 nitrogen and oxygen atoms in total. The normalized spacial score (nSPS) is 23.8. The Morgan fingerprint density at radius 1 is 0.806 bits per heavy atom. The predicted molar refractivity (Wildman–Crippen MR) is 125 cm³/mol. The molecule has 2 saturated heterocycles. The van der Waals surface area contributed by atoms with Gasteiger partial charge in [0.25, 0.3) is 0 Å². The van der Waals surface area contributed by atoms with Crippen LogP contribution in [0.1, 0.15) is 39.3 Å². The maximum atomic E-state index is 13.9. The highest BCUT2D eigenvalue weighted by Crippen LogP contribution is 2.57. The summed E-state index contributed by atoms with van der Waals surface area (Å²) in [5.74, 6) is -5.11. The summed E-state index contributed by atoms with van der Waals surface area (Å²) in [6.45, 7) is 1.26. The SMILES string of the molecule is CC(=O)Oc1ccc(N2C(=O)[C@@H]3[C@@H](c4ccccc4)OC4(C(=O)c5ccccc5C4=O)[C@@H]3C2=O)cc1. The van der Waals surface area contributed by atoms with Gasteiger partial charge in [-0.2, -0.15) is 0 Å². The average molecular weight is 481 g/mol. The fraction of sp³-hybridized carbons (Fsp3) is 0.179. The number of nitrogens with zero attached hydrogens (tertiary/aromatic N) is 1. The van der Waals surface area contributed by atoms with Gasteiger partial charge in [-0.1, -0.05) is 54.6 Å². The number of fused-ring (bicyclic) bond motifs is 3. The van der Waals surface area contributed by atoms with E-state index in [1.807, 2.05) is 0 Å². The molecule has 1 aliphatic carbocycles. The van der Waals surface area contributed by atoms with E-state index in [1.165, 1.54) is 43.3 Å². The topological polar surface area (TPSA) is 107 Å². The third kappa shape index (κ3) is 2.88.